The first-order valence-electron chi connectivity index (χ1n) is 10.4. The summed E-state index contributed by atoms with van der Waals surface area (Å²) in [5.41, 5.74) is 3.16. The van der Waals surface area contributed by atoms with Crippen LogP contribution in [0, 0.1) is 5.82 Å². The van der Waals surface area contributed by atoms with Crippen molar-refractivity contribution in [1.82, 2.24) is 15.0 Å². The van der Waals surface area contributed by atoms with E-state index in [1.54, 1.807) is 4.90 Å². The second-order valence-corrected chi connectivity index (χ2v) is 8.20. The zero-order valence-electron chi connectivity index (χ0n) is 18.7. The van der Waals surface area contributed by atoms with Gasteiger partial charge in [-0.1, -0.05) is 11.7 Å². The molecule has 182 valence electrons. The molecule has 1 fully saturated rings. The van der Waals surface area contributed by atoms with Crippen molar-refractivity contribution in [2.45, 2.75) is 38.3 Å². The lowest BCUT2D eigenvalue weighted by molar-refractivity contribution is 0.0696. The van der Waals surface area contributed by atoms with Crippen LogP contribution in [0.5, 0.6) is 0 Å². The number of carboxylic acids is 1. The Bertz CT molecular complexity index is 1130. The average Bonchev–Trinajstić information content (AvgIpc) is 3.30. The molecule has 12 heteroatoms. The predicted molar refractivity (Wildman–Crippen MR) is 119 cm³/mol. The third kappa shape index (κ3) is 5.56. The summed E-state index contributed by atoms with van der Waals surface area (Å²) >= 11 is 0. The Hall–Kier alpha value is -3.83. The lowest BCUT2D eigenvalue weighted by Gasteiger charge is -2.33. The van der Waals surface area contributed by atoms with E-state index in [0.717, 1.165) is 18.5 Å². The van der Waals surface area contributed by atoms with Gasteiger partial charge < -0.3 is 25.6 Å². The molecule has 0 bridgehead atoms. The van der Waals surface area contributed by atoms with Crippen LogP contribution in [0.2, 0.25) is 0 Å². The van der Waals surface area contributed by atoms with E-state index >= 15 is 4.39 Å². The molecule has 0 unspecified atom stereocenters. The van der Waals surface area contributed by atoms with Crippen molar-refractivity contribution in [3.8, 4) is 0 Å². The number of anilines is 1. The minimum atomic E-state index is -1.72. The van der Waals surface area contributed by atoms with Crippen LogP contribution in [0.25, 0.3) is 0 Å². The van der Waals surface area contributed by atoms with Crippen molar-refractivity contribution in [2.24, 2.45) is 10.7 Å². The van der Waals surface area contributed by atoms with E-state index < -0.39 is 23.3 Å². The number of allylic oxidation sites excluding steroid dienone is 1. The third-order valence-corrected chi connectivity index (χ3v) is 5.33. The number of aliphatic imine (C=N–C) groups is 1. The van der Waals surface area contributed by atoms with Gasteiger partial charge in [-0.05, 0) is 44.9 Å². The Balaban J connectivity index is 1.71. The fourth-order valence-corrected chi connectivity index (χ4v) is 3.41. The lowest BCUT2D eigenvalue weighted by atomic mass is 9.96. The molecule has 0 aliphatic carbocycles. The summed E-state index contributed by atoms with van der Waals surface area (Å²) in [4.78, 5) is 20.5. The highest BCUT2D eigenvalue weighted by Crippen LogP contribution is 2.32. The van der Waals surface area contributed by atoms with Crippen molar-refractivity contribution in [3.63, 3.8) is 0 Å². The Morgan fingerprint density at radius 2 is 2.09 bits per heavy atom. The van der Waals surface area contributed by atoms with Gasteiger partial charge >= 0.3 is 5.97 Å². The normalized spacial score (nSPS) is 16.0. The van der Waals surface area contributed by atoms with Crippen molar-refractivity contribution in [3.05, 3.63) is 65.2 Å². The topological polar surface area (TPSA) is 130 Å². The van der Waals surface area contributed by atoms with E-state index in [9.17, 15) is 13.6 Å². The SMILES string of the molecule is C=C(/C(F)=C(\N=CN)Nc1ccc(C(=O)O)cc1F)N1CCC(c2nc(C(C)(C)F)no2)CC1. The molecule has 1 aliphatic rings. The minimum absolute atomic E-state index is 0.00484. The number of aromatic carboxylic acids is 1. The molecule has 9 nitrogen and oxygen atoms in total. The lowest BCUT2D eigenvalue weighted by Crippen LogP contribution is -2.32. The van der Waals surface area contributed by atoms with Crippen LogP contribution in [-0.4, -0.2) is 45.5 Å². The van der Waals surface area contributed by atoms with Gasteiger partial charge in [0.1, 0.15) is 5.82 Å². The number of hydrogen-bond acceptors (Lipinski definition) is 7. The first-order chi connectivity index (χ1) is 16.0. The number of alkyl halides is 1. The maximum absolute atomic E-state index is 15.2. The van der Waals surface area contributed by atoms with Crippen LogP contribution in [-0.2, 0) is 5.67 Å². The van der Waals surface area contributed by atoms with Gasteiger partial charge in [-0.15, -0.1) is 0 Å². The fraction of sp³-hybridized carbons (Fsp3) is 0.364. The molecule has 0 saturated carbocycles. The number of nitrogens with zero attached hydrogens (tertiary/aromatic N) is 4. The summed E-state index contributed by atoms with van der Waals surface area (Å²) in [5, 5.41) is 15.1. The first kappa shape index (κ1) is 24.8. The molecular weight excluding hydrogens is 453 g/mol. The van der Waals surface area contributed by atoms with Crippen LogP contribution in [0.1, 0.15) is 54.7 Å². The van der Waals surface area contributed by atoms with Crippen molar-refractivity contribution >= 4 is 18.0 Å². The Morgan fingerprint density at radius 1 is 1.41 bits per heavy atom. The highest BCUT2D eigenvalue weighted by atomic mass is 19.1. The number of benzene rings is 1. The average molecular weight is 478 g/mol. The monoisotopic (exact) mass is 478 g/mol. The molecule has 34 heavy (non-hydrogen) atoms. The highest BCUT2D eigenvalue weighted by molar-refractivity contribution is 5.88. The number of carboxylic acid groups (broad SMARTS) is 1. The molecule has 2 heterocycles. The van der Waals surface area contributed by atoms with Crippen molar-refractivity contribution in [2.75, 3.05) is 18.4 Å². The zero-order chi connectivity index (χ0) is 25.0. The van der Waals surface area contributed by atoms with Gasteiger partial charge in [-0.3, -0.25) is 0 Å². The van der Waals surface area contributed by atoms with Crippen molar-refractivity contribution in [1.29, 1.82) is 0 Å². The molecule has 2 aromatic rings. The second kappa shape index (κ2) is 9.98. The number of carbonyl (C=O) groups is 1. The number of nitrogens with two attached hydrogens (primary N) is 1. The van der Waals surface area contributed by atoms with Gasteiger partial charge in [0.05, 0.1) is 23.3 Å². The van der Waals surface area contributed by atoms with E-state index in [2.05, 4.69) is 27.0 Å². The molecule has 0 radical (unpaired) electrons. The number of halogens is 3. The minimum Gasteiger partial charge on any atom is -0.478 e. The maximum Gasteiger partial charge on any atom is 0.335 e. The highest BCUT2D eigenvalue weighted by Gasteiger charge is 2.31. The fourth-order valence-electron chi connectivity index (χ4n) is 3.41. The van der Waals surface area contributed by atoms with E-state index in [1.807, 2.05) is 0 Å². The number of nitrogens with one attached hydrogen (secondary N) is 1. The quantitative estimate of drug-likeness (QED) is 0.294. The van der Waals surface area contributed by atoms with Crippen LogP contribution in [0.3, 0.4) is 0 Å². The summed E-state index contributed by atoms with van der Waals surface area (Å²) in [6, 6.07) is 3.13. The predicted octanol–water partition coefficient (Wildman–Crippen LogP) is 4.04. The summed E-state index contributed by atoms with van der Waals surface area (Å²) in [6.07, 6.45) is 1.91. The number of hydrogen-bond donors (Lipinski definition) is 3. The first-order valence-corrected chi connectivity index (χ1v) is 10.4. The summed E-state index contributed by atoms with van der Waals surface area (Å²) < 4.78 is 48.7. The number of piperidine rings is 1. The van der Waals surface area contributed by atoms with Crippen LogP contribution in [0.4, 0.5) is 18.9 Å². The smallest absolute Gasteiger partial charge is 0.335 e. The Kier molecular flexibility index (Phi) is 7.28. The van der Waals surface area contributed by atoms with E-state index in [1.165, 1.54) is 19.9 Å². The number of likely N-dealkylation sites (tertiary alicyclic amines) is 1. The van der Waals surface area contributed by atoms with Crippen LogP contribution >= 0.6 is 0 Å². The number of aromatic nitrogens is 2. The summed E-state index contributed by atoms with van der Waals surface area (Å²) in [7, 11) is 0. The van der Waals surface area contributed by atoms with Gasteiger partial charge in [0.2, 0.25) is 11.7 Å². The molecule has 3 rings (SSSR count). The largest absolute Gasteiger partial charge is 0.478 e. The molecule has 4 N–H and O–H groups in total. The molecule has 0 atom stereocenters. The van der Waals surface area contributed by atoms with Gasteiger partial charge in [0.15, 0.2) is 17.3 Å². The van der Waals surface area contributed by atoms with Gasteiger partial charge in [0, 0.05) is 19.0 Å². The van der Waals surface area contributed by atoms with Gasteiger partial charge in [0.25, 0.3) is 0 Å². The zero-order valence-corrected chi connectivity index (χ0v) is 18.7. The van der Waals surface area contributed by atoms with E-state index in [-0.39, 0.29) is 34.5 Å². The molecule has 1 aromatic heterocycles. The molecule has 1 aliphatic heterocycles. The second-order valence-electron chi connectivity index (χ2n) is 8.20. The standard InChI is InChI=1S/C22H25F3N6O3/c1-12(31-8-6-13(7-9-31)19-29-21(30-34-19)22(2,3)25)17(24)18(27-11-26)28-16-5-4-14(20(32)33)10-15(16)23/h4-5,10-11,13,28H,1,6-9H2,2-3H3,(H2,26,27)(H,32,33)/b18-17-. The molecule has 0 amide bonds. The summed E-state index contributed by atoms with van der Waals surface area (Å²) in [5.74, 6) is -3.25. The summed E-state index contributed by atoms with van der Waals surface area (Å²) in [6.45, 7) is 7.26. The Morgan fingerprint density at radius 3 is 2.62 bits per heavy atom. The maximum atomic E-state index is 15.2. The molecule has 0 spiro atoms. The van der Waals surface area contributed by atoms with E-state index in [0.29, 0.717) is 31.8 Å². The van der Waals surface area contributed by atoms with Crippen LogP contribution < -0.4 is 11.1 Å². The number of rotatable bonds is 8. The van der Waals surface area contributed by atoms with Gasteiger partial charge in [-0.2, -0.15) is 4.98 Å². The van der Waals surface area contributed by atoms with Gasteiger partial charge in [-0.25, -0.2) is 23.0 Å². The molecule has 1 saturated heterocycles. The molecular formula is C22H25F3N6O3. The van der Waals surface area contributed by atoms with Crippen LogP contribution in [0.15, 0.2) is 51.6 Å². The van der Waals surface area contributed by atoms with Crippen molar-refractivity contribution < 1.29 is 27.6 Å². The Labute approximate surface area is 193 Å². The third-order valence-electron chi connectivity index (χ3n) is 5.33. The molecule has 1 aromatic carbocycles. The van der Waals surface area contributed by atoms with E-state index in [4.69, 9.17) is 15.4 Å².